The fraction of sp³-hybridized carbons (Fsp3) is 0.130. The molecule has 9 heteroatoms. The van der Waals surface area contributed by atoms with Gasteiger partial charge < -0.3 is 5.32 Å². The number of aromatic nitrogens is 4. The third kappa shape index (κ3) is 4.80. The number of benzene rings is 2. The Bertz CT molecular complexity index is 1280. The molecule has 4 rings (SSSR count). The van der Waals surface area contributed by atoms with Gasteiger partial charge in [0.25, 0.3) is 0 Å². The molecule has 1 N–H and O–H groups in total. The van der Waals surface area contributed by atoms with E-state index >= 15 is 0 Å². The van der Waals surface area contributed by atoms with Crippen molar-refractivity contribution in [3.63, 3.8) is 0 Å². The first kappa shape index (κ1) is 22.3. The number of hydrogen-bond acceptors (Lipinski definition) is 5. The summed E-state index contributed by atoms with van der Waals surface area (Å²) in [4.78, 5) is 16.7. The molecular weight excluding hydrogens is 465 g/mol. The second-order valence-electron chi connectivity index (χ2n) is 7.08. The maximum absolute atomic E-state index is 12.6. The first-order valence-electron chi connectivity index (χ1n) is 9.74. The van der Waals surface area contributed by atoms with E-state index in [-0.39, 0.29) is 11.7 Å². The van der Waals surface area contributed by atoms with Crippen LogP contribution in [0.2, 0.25) is 10.0 Å². The molecule has 4 aromatic rings. The maximum atomic E-state index is 12.6. The van der Waals surface area contributed by atoms with Crippen molar-refractivity contribution in [2.24, 2.45) is 0 Å². The van der Waals surface area contributed by atoms with Gasteiger partial charge in [-0.1, -0.05) is 47.1 Å². The lowest BCUT2D eigenvalue weighted by atomic mass is 10.2. The molecule has 0 spiro atoms. The van der Waals surface area contributed by atoms with Gasteiger partial charge in [0.1, 0.15) is 0 Å². The minimum absolute atomic E-state index is 0.137. The molecule has 0 saturated heterocycles. The normalized spacial score (nSPS) is 10.9. The minimum Gasteiger partial charge on any atom is -0.324 e. The van der Waals surface area contributed by atoms with Gasteiger partial charge in [0.2, 0.25) is 5.91 Å². The SMILES string of the molecule is Cc1ccc(NC(=O)CSc2nnc(-c3ccncc3)n2-c2cccc(Cl)c2C)c(Cl)c1. The molecule has 1 amide bonds. The third-order valence-corrected chi connectivity index (χ3v) is 6.43. The van der Waals surface area contributed by atoms with E-state index in [9.17, 15) is 4.79 Å². The lowest BCUT2D eigenvalue weighted by Gasteiger charge is -2.14. The average molecular weight is 484 g/mol. The van der Waals surface area contributed by atoms with Crippen molar-refractivity contribution in [1.82, 2.24) is 19.7 Å². The van der Waals surface area contributed by atoms with Crippen LogP contribution in [0.3, 0.4) is 0 Å². The van der Waals surface area contributed by atoms with Gasteiger partial charge in [-0.2, -0.15) is 0 Å². The van der Waals surface area contributed by atoms with Crippen molar-refractivity contribution in [1.29, 1.82) is 0 Å². The number of rotatable bonds is 6. The van der Waals surface area contributed by atoms with Crippen LogP contribution in [0.4, 0.5) is 5.69 Å². The van der Waals surface area contributed by atoms with E-state index in [1.165, 1.54) is 11.8 Å². The second-order valence-corrected chi connectivity index (χ2v) is 8.84. The summed E-state index contributed by atoms with van der Waals surface area (Å²) in [6.45, 7) is 3.88. The van der Waals surface area contributed by atoms with Crippen molar-refractivity contribution in [2.45, 2.75) is 19.0 Å². The lowest BCUT2D eigenvalue weighted by Crippen LogP contribution is -2.15. The van der Waals surface area contributed by atoms with Gasteiger partial charge in [0, 0.05) is 23.0 Å². The molecule has 0 radical (unpaired) electrons. The highest BCUT2D eigenvalue weighted by atomic mass is 35.5. The first-order valence-corrected chi connectivity index (χ1v) is 11.5. The summed E-state index contributed by atoms with van der Waals surface area (Å²) in [6.07, 6.45) is 3.40. The predicted octanol–water partition coefficient (Wildman–Crippen LogP) is 5.98. The van der Waals surface area contributed by atoms with Crippen LogP contribution >= 0.6 is 35.0 Å². The highest BCUT2D eigenvalue weighted by Crippen LogP contribution is 2.31. The molecule has 2 heterocycles. The number of carbonyl (C=O) groups excluding carboxylic acids is 1. The number of nitrogens with zero attached hydrogens (tertiary/aromatic N) is 4. The standard InChI is InChI=1S/C23H19Cl2N5OS/c1-14-6-7-19(18(25)12-14)27-21(31)13-32-23-29-28-22(16-8-10-26-11-9-16)30(23)20-5-3-4-17(24)15(20)2/h3-12H,13H2,1-2H3,(H,27,31). The molecule has 0 fully saturated rings. The predicted molar refractivity (Wildman–Crippen MR) is 130 cm³/mol. The van der Waals surface area contributed by atoms with Crippen molar-refractivity contribution in [2.75, 3.05) is 11.1 Å². The van der Waals surface area contributed by atoms with Crippen LogP contribution in [0.15, 0.2) is 66.1 Å². The molecule has 0 saturated carbocycles. The van der Waals surface area contributed by atoms with E-state index < -0.39 is 0 Å². The molecule has 2 aromatic carbocycles. The Morgan fingerprint density at radius 1 is 1.03 bits per heavy atom. The monoisotopic (exact) mass is 483 g/mol. The number of amides is 1. The smallest absolute Gasteiger partial charge is 0.234 e. The van der Waals surface area contributed by atoms with Crippen molar-refractivity contribution in [3.8, 4) is 17.1 Å². The average Bonchev–Trinajstić information content (AvgIpc) is 3.20. The molecule has 0 unspecified atom stereocenters. The van der Waals surface area contributed by atoms with Gasteiger partial charge in [-0.05, 0) is 61.4 Å². The Kier molecular flexibility index (Phi) is 6.79. The van der Waals surface area contributed by atoms with E-state index in [0.29, 0.717) is 26.7 Å². The van der Waals surface area contributed by atoms with E-state index in [0.717, 1.165) is 22.4 Å². The van der Waals surface area contributed by atoms with Crippen molar-refractivity contribution < 1.29 is 4.79 Å². The summed E-state index contributed by atoms with van der Waals surface area (Å²) >= 11 is 13.9. The van der Waals surface area contributed by atoms with E-state index in [1.807, 2.05) is 60.9 Å². The molecule has 0 atom stereocenters. The quantitative estimate of drug-likeness (QED) is 0.341. The molecule has 32 heavy (non-hydrogen) atoms. The molecule has 6 nitrogen and oxygen atoms in total. The number of aryl methyl sites for hydroxylation is 1. The fourth-order valence-electron chi connectivity index (χ4n) is 3.14. The van der Waals surface area contributed by atoms with Crippen LogP contribution in [-0.4, -0.2) is 31.4 Å². The van der Waals surface area contributed by atoms with Gasteiger partial charge >= 0.3 is 0 Å². The first-order chi connectivity index (χ1) is 15.4. The van der Waals surface area contributed by atoms with Crippen molar-refractivity contribution >= 4 is 46.6 Å². The van der Waals surface area contributed by atoms with E-state index in [2.05, 4.69) is 20.5 Å². The molecular formula is C23H19Cl2N5OS. The summed E-state index contributed by atoms with van der Waals surface area (Å²) in [5.74, 6) is 0.587. The number of carbonyl (C=O) groups is 1. The minimum atomic E-state index is -0.191. The fourth-order valence-corrected chi connectivity index (χ4v) is 4.34. The summed E-state index contributed by atoms with van der Waals surface area (Å²) in [5, 5.41) is 13.3. The maximum Gasteiger partial charge on any atom is 0.234 e. The summed E-state index contributed by atoms with van der Waals surface area (Å²) in [7, 11) is 0. The molecule has 0 aliphatic heterocycles. The summed E-state index contributed by atoms with van der Waals surface area (Å²) in [6, 6.07) is 14.9. The van der Waals surface area contributed by atoms with Crippen LogP contribution < -0.4 is 5.32 Å². The van der Waals surface area contributed by atoms with Gasteiger partial charge in [-0.3, -0.25) is 14.3 Å². The largest absolute Gasteiger partial charge is 0.324 e. The van der Waals surface area contributed by atoms with Gasteiger partial charge in [-0.25, -0.2) is 0 Å². The van der Waals surface area contributed by atoms with Crippen LogP contribution in [0.1, 0.15) is 11.1 Å². The summed E-state index contributed by atoms with van der Waals surface area (Å²) < 4.78 is 1.91. The number of pyridine rings is 1. The topological polar surface area (TPSA) is 72.7 Å². The second kappa shape index (κ2) is 9.73. The third-order valence-electron chi connectivity index (χ3n) is 4.78. The number of anilines is 1. The molecule has 0 aliphatic rings. The Balaban J connectivity index is 1.63. The van der Waals surface area contributed by atoms with Crippen LogP contribution in [0.25, 0.3) is 17.1 Å². The number of thioether (sulfide) groups is 1. The Morgan fingerprint density at radius 2 is 1.81 bits per heavy atom. The lowest BCUT2D eigenvalue weighted by molar-refractivity contribution is -0.113. The van der Waals surface area contributed by atoms with E-state index in [4.69, 9.17) is 23.2 Å². The zero-order valence-corrected chi connectivity index (χ0v) is 19.7. The number of halogens is 2. The summed E-state index contributed by atoms with van der Waals surface area (Å²) in [5.41, 5.74) is 4.19. The zero-order valence-electron chi connectivity index (χ0n) is 17.3. The molecule has 0 bridgehead atoms. The molecule has 0 aliphatic carbocycles. The van der Waals surface area contributed by atoms with Crippen LogP contribution in [-0.2, 0) is 4.79 Å². The Hall–Kier alpha value is -2.87. The van der Waals surface area contributed by atoms with Crippen LogP contribution in [0, 0.1) is 13.8 Å². The van der Waals surface area contributed by atoms with E-state index in [1.54, 1.807) is 18.5 Å². The van der Waals surface area contributed by atoms with Gasteiger partial charge in [0.05, 0.1) is 22.2 Å². The number of nitrogens with one attached hydrogen (secondary N) is 1. The highest BCUT2D eigenvalue weighted by molar-refractivity contribution is 7.99. The van der Waals surface area contributed by atoms with Crippen molar-refractivity contribution in [3.05, 3.63) is 82.1 Å². The highest BCUT2D eigenvalue weighted by Gasteiger charge is 2.19. The molecule has 2 aromatic heterocycles. The Labute approximate surface area is 200 Å². The number of hydrogen-bond donors (Lipinski definition) is 1. The van der Waals surface area contributed by atoms with Gasteiger partial charge in [-0.15, -0.1) is 10.2 Å². The van der Waals surface area contributed by atoms with Gasteiger partial charge in [0.15, 0.2) is 11.0 Å². The Morgan fingerprint density at radius 3 is 2.56 bits per heavy atom. The molecule has 162 valence electrons. The van der Waals surface area contributed by atoms with Crippen LogP contribution in [0.5, 0.6) is 0 Å². The zero-order chi connectivity index (χ0) is 22.7.